The van der Waals surface area contributed by atoms with E-state index in [0.29, 0.717) is 17.0 Å². The molecule has 32 heavy (non-hydrogen) atoms. The van der Waals surface area contributed by atoms with Crippen LogP contribution in [0.3, 0.4) is 0 Å². The van der Waals surface area contributed by atoms with Gasteiger partial charge in [0.05, 0.1) is 11.0 Å². The molecule has 2 unspecified atom stereocenters. The second-order valence-corrected chi connectivity index (χ2v) is 9.27. The molecule has 1 amide bonds. The first-order valence-electron chi connectivity index (χ1n) is 10.6. The summed E-state index contributed by atoms with van der Waals surface area (Å²) in [6.45, 7) is 4.32. The fraction of sp³-hybridized carbons (Fsp3) is 0.320. The molecule has 4 nitrogen and oxygen atoms in total. The summed E-state index contributed by atoms with van der Waals surface area (Å²) in [6, 6.07) is 14.0. The van der Waals surface area contributed by atoms with E-state index in [9.17, 15) is 18.7 Å². The number of amides is 1. The number of thiophene rings is 1. The summed E-state index contributed by atoms with van der Waals surface area (Å²) in [5.74, 6) is -1.57. The van der Waals surface area contributed by atoms with Crippen LogP contribution in [0.5, 0.6) is 0 Å². The lowest BCUT2D eigenvalue weighted by molar-refractivity contribution is 0.0558. The van der Waals surface area contributed by atoms with Crippen molar-refractivity contribution in [3.63, 3.8) is 0 Å². The van der Waals surface area contributed by atoms with Crippen LogP contribution in [-0.4, -0.2) is 34.6 Å². The van der Waals surface area contributed by atoms with Crippen LogP contribution < -0.4 is 5.73 Å². The van der Waals surface area contributed by atoms with Crippen LogP contribution in [0.25, 0.3) is 0 Å². The van der Waals surface area contributed by atoms with Crippen LogP contribution in [0.15, 0.2) is 54.6 Å². The first-order valence-corrected chi connectivity index (χ1v) is 11.4. The molecule has 0 saturated carbocycles. The third-order valence-electron chi connectivity index (χ3n) is 5.31. The Kier molecular flexibility index (Phi) is 8.12. The molecule has 0 aliphatic heterocycles. The minimum absolute atomic E-state index is 0.00506. The smallest absolute Gasteiger partial charge is 0.264 e. The number of aryl methyl sites for hydroxylation is 2. The number of carbonyl (C=O) groups excluding carboxylic acids is 1. The average molecular weight is 459 g/mol. The Labute approximate surface area is 191 Å². The van der Waals surface area contributed by atoms with E-state index >= 15 is 0 Å². The van der Waals surface area contributed by atoms with Crippen molar-refractivity contribution in [3.8, 4) is 0 Å². The van der Waals surface area contributed by atoms with Crippen LogP contribution in [0, 0.1) is 18.6 Å². The number of nitrogens with two attached hydrogens (primary N) is 1. The zero-order chi connectivity index (χ0) is 23.3. The first kappa shape index (κ1) is 24.0. The van der Waals surface area contributed by atoms with Gasteiger partial charge in [0.1, 0.15) is 11.6 Å². The Hall–Kier alpha value is -2.61. The summed E-state index contributed by atoms with van der Waals surface area (Å²) in [5.41, 5.74) is 8.62. The van der Waals surface area contributed by atoms with Crippen molar-refractivity contribution < 1.29 is 18.7 Å². The van der Waals surface area contributed by atoms with E-state index in [-0.39, 0.29) is 18.9 Å². The van der Waals surface area contributed by atoms with Crippen LogP contribution in [0.1, 0.15) is 38.2 Å². The molecule has 0 radical (unpaired) electrons. The van der Waals surface area contributed by atoms with Gasteiger partial charge < -0.3 is 15.7 Å². The molecular formula is C25H28F2N2O2S. The fourth-order valence-electron chi connectivity index (χ4n) is 3.59. The number of rotatable bonds is 9. The van der Waals surface area contributed by atoms with Crippen LogP contribution in [-0.2, 0) is 19.4 Å². The molecule has 0 spiro atoms. The van der Waals surface area contributed by atoms with E-state index in [0.717, 1.165) is 28.5 Å². The molecule has 3 rings (SSSR count). The third-order valence-corrected chi connectivity index (χ3v) is 6.30. The Morgan fingerprint density at radius 2 is 1.75 bits per heavy atom. The molecule has 0 bridgehead atoms. The molecule has 3 aromatic rings. The molecule has 170 valence electrons. The summed E-state index contributed by atoms with van der Waals surface area (Å²) >= 11 is 1.40. The highest BCUT2D eigenvalue weighted by atomic mass is 32.1. The number of hydrogen-bond acceptors (Lipinski definition) is 4. The van der Waals surface area contributed by atoms with Crippen LogP contribution in [0.4, 0.5) is 8.78 Å². The Balaban J connectivity index is 1.77. The highest BCUT2D eigenvalue weighted by molar-refractivity contribution is 7.13. The summed E-state index contributed by atoms with van der Waals surface area (Å²) in [7, 11) is 0. The highest BCUT2D eigenvalue weighted by Gasteiger charge is 2.24. The van der Waals surface area contributed by atoms with Gasteiger partial charge in [0, 0.05) is 30.1 Å². The number of carbonyl (C=O) groups is 1. The summed E-state index contributed by atoms with van der Waals surface area (Å²) in [6.07, 6.45) is -0.106. The standard InChI is InChI=1S/C25H28F2N2O2S/c1-3-17-5-4-6-18(9-17)14-29(25(31)24-8-7-16(2)32-24)15-23(30)22(28)12-19-10-20(26)13-21(27)11-19/h4-11,13,22-23,30H,3,12,14-15,28H2,1-2H3. The summed E-state index contributed by atoms with van der Waals surface area (Å²) in [5, 5.41) is 10.8. The second kappa shape index (κ2) is 10.8. The number of aliphatic hydroxyl groups excluding tert-OH is 1. The summed E-state index contributed by atoms with van der Waals surface area (Å²) < 4.78 is 27.0. The number of benzene rings is 2. The predicted octanol–water partition coefficient (Wildman–Crippen LogP) is 4.47. The second-order valence-electron chi connectivity index (χ2n) is 7.98. The van der Waals surface area contributed by atoms with Gasteiger partial charge in [-0.2, -0.15) is 0 Å². The van der Waals surface area contributed by atoms with Gasteiger partial charge in [0.25, 0.3) is 5.91 Å². The normalized spacial score (nSPS) is 13.1. The van der Waals surface area contributed by atoms with E-state index in [1.165, 1.54) is 23.5 Å². The van der Waals surface area contributed by atoms with Crippen molar-refractivity contribution in [1.29, 1.82) is 0 Å². The summed E-state index contributed by atoms with van der Waals surface area (Å²) in [4.78, 5) is 16.4. The van der Waals surface area contributed by atoms with Gasteiger partial charge in [0.2, 0.25) is 0 Å². The molecule has 2 atom stereocenters. The zero-order valence-corrected chi connectivity index (χ0v) is 19.0. The minimum Gasteiger partial charge on any atom is -0.390 e. The maximum absolute atomic E-state index is 13.5. The lowest BCUT2D eigenvalue weighted by Crippen LogP contribution is -2.46. The van der Waals surface area contributed by atoms with E-state index in [4.69, 9.17) is 5.73 Å². The fourth-order valence-corrected chi connectivity index (χ4v) is 4.43. The van der Waals surface area contributed by atoms with E-state index in [1.54, 1.807) is 11.0 Å². The molecule has 7 heteroatoms. The third kappa shape index (κ3) is 6.45. The Morgan fingerprint density at radius 1 is 1.06 bits per heavy atom. The monoisotopic (exact) mass is 458 g/mol. The molecule has 1 heterocycles. The maximum atomic E-state index is 13.5. The zero-order valence-electron chi connectivity index (χ0n) is 18.2. The topological polar surface area (TPSA) is 66.6 Å². The van der Waals surface area contributed by atoms with E-state index in [2.05, 4.69) is 6.92 Å². The molecule has 0 aliphatic carbocycles. The van der Waals surface area contributed by atoms with E-state index in [1.807, 2.05) is 37.3 Å². The molecule has 3 N–H and O–H groups in total. The quantitative estimate of drug-likeness (QED) is 0.497. The number of aliphatic hydroxyl groups is 1. The van der Waals surface area contributed by atoms with Gasteiger partial charge >= 0.3 is 0 Å². The lowest BCUT2D eigenvalue weighted by Gasteiger charge is -2.28. The largest absolute Gasteiger partial charge is 0.390 e. The van der Waals surface area contributed by atoms with Gasteiger partial charge in [-0.25, -0.2) is 8.78 Å². The lowest BCUT2D eigenvalue weighted by atomic mass is 10.0. The highest BCUT2D eigenvalue weighted by Crippen LogP contribution is 2.20. The van der Waals surface area contributed by atoms with Crippen molar-refractivity contribution in [2.45, 2.75) is 45.4 Å². The van der Waals surface area contributed by atoms with Crippen molar-refractivity contribution in [2.75, 3.05) is 6.54 Å². The first-order chi connectivity index (χ1) is 15.2. The van der Waals surface area contributed by atoms with E-state index < -0.39 is 23.8 Å². The van der Waals surface area contributed by atoms with Gasteiger partial charge in [-0.3, -0.25) is 4.79 Å². The molecule has 0 fully saturated rings. The van der Waals surface area contributed by atoms with Gasteiger partial charge in [0.15, 0.2) is 0 Å². The van der Waals surface area contributed by atoms with Crippen LogP contribution >= 0.6 is 11.3 Å². The van der Waals surface area contributed by atoms with Gasteiger partial charge in [-0.15, -0.1) is 11.3 Å². The van der Waals surface area contributed by atoms with Gasteiger partial charge in [-0.05, 0) is 60.7 Å². The Bertz CT molecular complexity index is 1050. The number of halogens is 2. The Morgan fingerprint density at radius 3 is 2.38 bits per heavy atom. The molecule has 0 saturated heterocycles. The molecule has 1 aromatic heterocycles. The van der Waals surface area contributed by atoms with Crippen LogP contribution in [0.2, 0.25) is 0 Å². The maximum Gasteiger partial charge on any atom is 0.264 e. The predicted molar refractivity (Wildman–Crippen MR) is 124 cm³/mol. The van der Waals surface area contributed by atoms with Gasteiger partial charge in [-0.1, -0.05) is 31.2 Å². The van der Waals surface area contributed by atoms with Crippen molar-refractivity contribution in [1.82, 2.24) is 4.90 Å². The SMILES string of the molecule is CCc1cccc(CN(CC(O)C(N)Cc2cc(F)cc(F)c2)C(=O)c2ccc(C)s2)c1. The molecule has 0 aliphatic rings. The van der Waals surface area contributed by atoms with Crippen molar-refractivity contribution in [3.05, 3.63) is 92.7 Å². The number of nitrogens with zero attached hydrogens (tertiary/aromatic N) is 1. The molecular weight excluding hydrogens is 430 g/mol. The number of hydrogen-bond donors (Lipinski definition) is 2. The van der Waals surface area contributed by atoms with Crippen molar-refractivity contribution in [2.24, 2.45) is 5.73 Å². The van der Waals surface area contributed by atoms with Crippen molar-refractivity contribution >= 4 is 17.2 Å². The average Bonchev–Trinajstić information content (AvgIpc) is 3.18. The molecule has 2 aromatic carbocycles. The minimum atomic E-state index is -1.07.